The van der Waals surface area contributed by atoms with Crippen molar-refractivity contribution in [2.45, 2.75) is 13.0 Å². The van der Waals surface area contributed by atoms with Gasteiger partial charge in [0.1, 0.15) is 11.8 Å². The summed E-state index contributed by atoms with van der Waals surface area (Å²) in [7, 11) is 1.58. The van der Waals surface area contributed by atoms with Gasteiger partial charge in [-0.1, -0.05) is 30.3 Å². The van der Waals surface area contributed by atoms with Gasteiger partial charge >= 0.3 is 0 Å². The summed E-state index contributed by atoms with van der Waals surface area (Å²) in [4.78, 5) is 29.0. The van der Waals surface area contributed by atoms with E-state index in [9.17, 15) is 9.59 Å². The Morgan fingerprint density at radius 3 is 2.50 bits per heavy atom. The van der Waals surface area contributed by atoms with Crippen molar-refractivity contribution in [3.8, 4) is 5.75 Å². The van der Waals surface area contributed by atoms with E-state index in [1.807, 2.05) is 18.2 Å². The molecule has 0 saturated heterocycles. The van der Waals surface area contributed by atoms with Crippen LogP contribution in [0.2, 0.25) is 0 Å². The van der Waals surface area contributed by atoms with Crippen LogP contribution in [-0.4, -0.2) is 23.9 Å². The summed E-state index contributed by atoms with van der Waals surface area (Å²) in [5.41, 5.74) is 7.81. The van der Waals surface area contributed by atoms with Gasteiger partial charge in [-0.3, -0.25) is 14.6 Å². The highest BCUT2D eigenvalue weighted by Gasteiger charge is 2.22. The van der Waals surface area contributed by atoms with E-state index in [0.717, 1.165) is 10.9 Å². The standard InChI is InChI=1S/C20H19N3O3/c1-12-16(11-14-10-15(26-2)8-9-17(14)22-12)20(25)23-18(19(21)24)13-6-4-3-5-7-13/h3-11,18H,1-2H3,(H2,21,24)(H,23,25)/t18-/m0/s1. The molecule has 0 fully saturated rings. The Bertz CT molecular complexity index is 971. The first-order chi connectivity index (χ1) is 12.5. The monoisotopic (exact) mass is 349 g/mol. The van der Waals surface area contributed by atoms with E-state index in [-0.39, 0.29) is 0 Å². The maximum Gasteiger partial charge on any atom is 0.254 e. The highest BCUT2D eigenvalue weighted by Crippen LogP contribution is 2.22. The number of carbonyl (C=O) groups excluding carboxylic acids is 2. The molecule has 1 aromatic heterocycles. The highest BCUT2D eigenvalue weighted by molar-refractivity contribution is 6.01. The summed E-state index contributed by atoms with van der Waals surface area (Å²) >= 11 is 0. The van der Waals surface area contributed by atoms with E-state index in [1.165, 1.54) is 0 Å². The van der Waals surface area contributed by atoms with Crippen molar-refractivity contribution in [3.05, 3.63) is 71.4 Å². The normalized spacial score (nSPS) is 11.8. The number of hydrogen-bond acceptors (Lipinski definition) is 4. The summed E-state index contributed by atoms with van der Waals surface area (Å²) in [6.45, 7) is 1.75. The van der Waals surface area contributed by atoms with Gasteiger partial charge in [-0.15, -0.1) is 0 Å². The molecule has 6 nitrogen and oxygen atoms in total. The van der Waals surface area contributed by atoms with Crippen LogP contribution in [-0.2, 0) is 4.79 Å². The number of aromatic nitrogens is 1. The first-order valence-electron chi connectivity index (χ1n) is 8.10. The minimum absolute atomic E-state index is 0.382. The number of carbonyl (C=O) groups is 2. The second kappa shape index (κ2) is 7.23. The van der Waals surface area contributed by atoms with Crippen LogP contribution in [0.5, 0.6) is 5.75 Å². The molecule has 2 aromatic carbocycles. The molecule has 1 heterocycles. The molecule has 0 aliphatic rings. The average Bonchev–Trinajstić information content (AvgIpc) is 2.65. The Labute approximate surface area is 151 Å². The molecule has 0 bridgehead atoms. The SMILES string of the molecule is COc1ccc2nc(C)c(C(=O)N[C@H](C(N)=O)c3ccccc3)cc2c1. The molecule has 6 heteroatoms. The lowest BCUT2D eigenvalue weighted by atomic mass is 10.0. The predicted molar refractivity (Wildman–Crippen MR) is 98.9 cm³/mol. The Morgan fingerprint density at radius 2 is 1.85 bits per heavy atom. The first kappa shape index (κ1) is 17.4. The Kier molecular flexibility index (Phi) is 4.84. The van der Waals surface area contributed by atoms with Gasteiger partial charge in [0.05, 0.1) is 23.9 Å². The highest BCUT2D eigenvalue weighted by atomic mass is 16.5. The number of benzene rings is 2. The fourth-order valence-corrected chi connectivity index (χ4v) is 2.78. The zero-order valence-corrected chi connectivity index (χ0v) is 14.5. The third kappa shape index (κ3) is 3.49. The van der Waals surface area contributed by atoms with Crippen molar-refractivity contribution in [1.29, 1.82) is 0 Å². The van der Waals surface area contributed by atoms with E-state index >= 15 is 0 Å². The lowest BCUT2D eigenvalue weighted by Gasteiger charge is -2.17. The zero-order valence-electron chi connectivity index (χ0n) is 14.5. The molecule has 0 aliphatic heterocycles. The quantitative estimate of drug-likeness (QED) is 0.740. The van der Waals surface area contributed by atoms with Crippen LogP contribution in [0.3, 0.4) is 0 Å². The summed E-state index contributed by atoms with van der Waals surface area (Å²) in [6.07, 6.45) is 0. The molecular formula is C20H19N3O3. The molecule has 0 spiro atoms. The van der Waals surface area contributed by atoms with Crippen LogP contribution in [0, 0.1) is 6.92 Å². The molecule has 26 heavy (non-hydrogen) atoms. The second-order valence-corrected chi connectivity index (χ2v) is 5.90. The van der Waals surface area contributed by atoms with Gasteiger partial charge in [0, 0.05) is 5.39 Å². The van der Waals surface area contributed by atoms with Crippen LogP contribution >= 0.6 is 0 Å². The van der Waals surface area contributed by atoms with Crippen molar-refractivity contribution < 1.29 is 14.3 Å². The number of methoxy groups -OCH3 is 1. The first-order valence-corrected chi connectivity index (χ1v) is 8.10. The summed E-state index contributed by atoms with van der Waals surface area (Å²) in [6, 6.07) is 15.2. The van der Waals surface area contributed by atoms with Crippen LogP contribution in [0.15, 0.2) is 54.6 Å². The molecule has 3 N–H and O–H groups in total. The van der Waals surface area contributed by atoms with Gasteiger partial charge in [-0.05, 0) is 36.8 Å². The number of nitrogens with one attached hydrogen (secondary N) is 1. The lowest BCUT2D eigenvalue weighted by molar-refractivity contribution is -0.120. The number of hydrogen-bond donors (Lipinski definition) is 2. The minimum Gasteiger partial charge on any atom is -0.497 e. The van der Waals surface area contributed by atoms with Crippen LogP contribution in [0.25, 0.3) is 10.9 Å². The van der Waals surface area contributed by atoms with E-state index in [1.54, 1.807) is 50.4 Å². The van der Waals surface area contributed by atoms with Gasteiger partial charge in [-0.25, -0.2) is 0 Å². The molecule has 0 unspecified atom stereocenters. The Balaban J connectivity index is 1.95. The van der Waals surface area contributed by atoms with Crippen molar-refractivity contribution in [1.82, 2.24) is 10.3 Å². The van der Waals surface area contributed by atoms with Crippen molar-refractivity contribution in [3.63, 3.8) is 0 Å². The number of fused-ring (bicyclic) bond motifs is 1. The number of rotatable bonds is 5. The molecule has 3 aromatic rings. The van der Waals surface area contributed by atoms with E-state index in [4.69, 9.17) is 10.5 Å². The molecule has 0 saturated carbocycles. The van der Waals surface area contributed by atoms with Crippen molar-refractivity contribution in [2.75, 3.05) is 7.11 Å². The molecular weight excluding hydrogens is 330 g/mol. The van der Waals surface area contributed by atoms with E-state index in [2.05, 4.69) is 10.3 Å². The molecule has 2 amide bonds. The number of ether oxygens (including phenoxy) is 1. The molecule has 1 atom stereocenters. The predicted octanol–water partition coefficient (Wildman–Crippen LogP) is 2.51. The topological polar surface area (TPSA) is 94.3 Å². The summed E-state index contributed by atoms with van der Waals surface area (Å²) < 4.78 is 5.22. The summed E-state index contributed by atoms with van der Waals surface area (Å²) in [5.74, 6) is -0.362. The number of nitrogens with zero attached hydrogens (tertiary/aromatic N) is 1. The van der Waals surface area contributed by atoms with E-state index < -0.39 is 17.9 Å². The number of amides is 2. The Morgan fingerprint density at radius 1 is 1.12 bits per heavy atom. The van der Waals surface area contributed by atoms with Crippen molar-refractivity contribution >= 4 is 22.7 Å². The summed E-state index contributed by atoms with van der Waals surface area (Å²) in [5, 5.41) is 3.47. The third-order valence-corrected chi connectivity index (χ3v) is 4.15. The molecule has 0 aliphatic carbocycles. The Hall–Kier alpha value is -3.41. The van der Waals surface area contributed by atoms with Gasteiger partial charge in [0.15, 0.2) is 0 Å². The maximum absolute atomic E-state index is 12.8. The van der Waals surface area contributed by atoms with Gasteiger partial charge in [-0.2, -0.15) is 0 Å². The number of nitrogens with two attached hydrogens (primary N) is 1. The van der Waals surface area contributed by atoms with Crippen molar-refractivity contribution in [2.24, 2.45) is 5.73 Å². The fourth-order valence-electron chi connectivity index (χ4n) is 2.78. The third-order valence-electron chi connectivity index (χ3n) is 4.15. The van der Waals surface area contributed by atoms with Crippen LogP contribution < -0.4 is 15.8 Å². The minimum atomic E-state index is -0.913. The van der Waals surface area contributed by atoms with Gasteiger partial charge < -0.3 is 15.8 Å². The number of primary amides is 1. The number of aryl methyl sites for hydroxylation is 1. The van der Waals surface area contributed by atoms with Crippen LogP contribution in [0.1, 0.15) is 27.7 Å². The van der Waals surface area contributed by atoms with E-state index in [0.29, 0.717) is 22.6 Å². The fraction of sp³-hybridized carbons (Fsp3) is 0.150. The molecule has 132 valence electrons. The van der Waals surface area contributed by atoms with Gasteiger partial charge in [0.2, 0.25) is 5.91 Å². The smallest absolute Gasteiger partial charge is 0.254 e. The average molecular weight is 349 g/mol. The molecule has 0 radical (unpaired) electrons. The largest absolute Gasteiger partial charge is 0.497 e. The number of pyridine rings is 1. The second-order valence-electron chi connectivity index (χ2n) is 5.90. The van der Waals surface area contributed by atoms with Gasteiger partial charge in [0.25, 0.3) is 5.91 Å². The molecule has 3 rings (SSSR count). The maximum atomic E-state index is 12.8. The lowest BCUT2D eigenvalue weighted by Crippen LogP contribution is -2.37. The van der Waals surface area contributed by atoms with Crippen LogP contribution in [0.4, 0.5) is 0 Å². The zero-order chi connectivity index (χ0) is 18.7.